The van der Waals surface area contributed by atoms with Crippen LogP contribution in [-0.4, -0.2) is 11.4 Å². The topological polar surface area (TPSA) is 52.9 Å². The van der Waals surface area contributed by atoms with Crippen molar-refractivity contribution in [3.8, 4) is 6.07 Å². The van der Waals surface area contributed by atoms with Crippen LogP contribution in [0.5, 0.6) is 0 Å². The number of nitrogens with one attached hydrogen (secondary N) is 1. The average Bonchev–Trinajstić information content (AvgIpc) is 3.06. The fourth-order valence-electron chi connectivity index (χ4n) is 3.33. The predicted molar refractivity (Wildman–Crippen MR) is 75.0 cm³/mol. The summed E-state index contributed by atoms with van der Waals surface area (Å²) in [5.41, 5.74) is 0.602. The fourth-order valence-corrected chi connectivity index (χ4v) is 4.31. The molecule has 0 saturated heterocycles. The number of hydrogen-bond donors (Lipinski definition) is 1. The van der Waals surface area contributed by atoms with Crippen LogP contribution in [-0.2, 0) is 11.2 Å². The van der Waals surface area contributed by atoms with Gasteiger partial charge < -0.3 is 5.32 Å². The van der Waals surface area contributed by atoms with E-state index in [-0.39, 0.29) is 11.8 Å². The zero-order chi connectivity index (χ0) is 13.3. The molecule has 4 heteroatoms. The zero-order valence-electron chi connectivity index (χ0n) is 10.9. The summed E-state index contributed by atoms with van der Waals surface area (Å²) in [6.45, 7) is 0. The van der Waals surface area contributed by atoms with Crippen molar-refractivity contribution in [1.82, 2.24) is 5.32 Å². The first-order valence-electron chi connectivity index (χ1n) is 7.04. The summed E-state index contributed by atoms with van der Waals surface area (Å²) in [4.78, 5) is 13.9. The molecule has 19 heavy (non-hydrogen) atoms. The molecular weight excluding hydrogens is 256 g/mol. The van der Waals surface area contributed by atoms with E-state index < -0.39 is 5.54 Å². The number of hydrogen-bond acceptors (Lipinski definition) is 3. The van der Waals surface area contributed by atoms with Crippen molar-refractivity contribution < 1.29 is 4.79 Å². The van der Waals surface area contributed by atoms with Crippen LogP contribution in [0.3, 0.4) is 0 Å². The van der Waals surface area contributed by atoms with Crippen molar-refractivity contribution in [2.75, 3.05) is 0 Å². The molecular formula is C15H18N2OS. The van der Waals surface area contributed by atoms with Gasteiger partial charge in [0.1, 0.15) is 5.54 Å². The number of amides is 1. The Morgan fingerprint density at radius 2 is 2.21 bits per heavy atom. The Bertz CT molecular complexity index is 522. The molecule has 0 aliphatic heterocycles. The Hall–Kier alpha value is -1.34. The molecule has 1 aromatic heterocycles. The molecule has 1 fully saturated rings. The lowest BCUT2D eigenvalue weighted by Crippen LogP contribution is -2.47. The molecule has 1 aromatic rings. The smallest absolute Gasteiger partial charge is 0.228 e. The first kappa shape index (κ1) is 12.7. The number of carbonyl (C=O) groups excluding carboxylic acids is 1. The number of nitrogens with zero attached hydrogens (tertiary/aromatic N) is 1. The number of carbonyl (C=O) groups is 1. The van der Waals surface area contributed by atoms with Crippen molar-refractivity contribution in [3.05, 3.63) is 21.9 Å². The number of thiophene rings is 1. The highest BCUT2D eigenvalue weighted by Crippen LogP contribution is 2.36. The maximum Gasteiger partial charge on any atom is 0.228 e. The van der Waals surface area contributed by atoms with E-state index in [1.54, 1.807) is 11.3 Å². The lowest BCUT2D eigenvalue weighted by Gasteiger charge is -2.27. The minimum atomic E-state index is -0.593. The van der Waals surface area contributed by atoms with Crippen molar-refractivity contribution >= 4 is 17.2 Å². The molecule has 2 aliphatic rings. The van der Waals surface area contributed by atoms with Crippen molar-refractivity contribution in [3.63, 3.8) is 0 Å². The Morgan fingerprint density at radius 1 is 1.42 bits per heavy atom. The molecule has 100 valence electrons. The van der Waals surface area contributed by atoms with Crippen LogP contribution < -0.4 is 5.32 Å². The molecule has 1 N–H and O–H groups in total. The first-order valence-corrected chi connectivity index (χ1v) is 7.92. The maximum absolute atomic E-state index is 12.5. The summed E-state index contributed by atoms with van der Waals surface area (Å²) in [5.74, 6) is 0.0172. The molecule has 3 nitrogen and oxygen atoms in total. The molecule has 1 atom stereocenters. The third-order valence-corrected chi connectivity index (χ3v) is 5.40. The second kappa shape index (κ2) is 4.97. The Labute approximate surface area is 117 Å². The Balaban J connectivity index is 1.77. The lowest BCUT2D eigenvalue weighted by atomic mass is 9.86. The van der Waals surface area contributed by atoms with E-state index in [0.717, 1.165) is 44.9 Å². The van der Waals surface area contributed by atoms with Gasteiger partial charge in [-0.1, -0.05) is 0 Å². The van der Waals surface area contributed by atoms with E-state index in [9.17, 15) is 10.1 Å². The highest BCUT2D eigenvalue weighted by atomic mass is 32.1. The summed E-state index contributed by atoms with van der Waals surface area (Å²) >= 11 is 1.75. The summed E-state index contributed by atoms with van der Waals surface area (Å²) in [6.07, 6.45) is 6.78. The van der Waals surface area contributed by atoms with Gasteiger partial charge in [-0.15, -0.1) is 11.3 Å². The van der Waals surface area contributed by atoms with Gasteiger partial charge in [-0.25, -0.2) is 0 Å². The minimum Gasteiger partial charge on any atom is -0.337 e. The van der Waals surface area contributed by atoms with Crippen LogP contribution in [0.1, 0.15) is 54.9 Å². The molecule has 3 rings (SSSR count). The van der Waals surface area contributed by atoms with E-state index >= 15 is 0 Å². The van der Waals surface area contributed by atoms with Crippen LogP contribution in [0.15, 0.2) is 11.4 Å². The zero-order valence-corrected chi connectivity index (χ0v) is 11.8. The fraction of sp³-hybridized carbons (Fsp3) is 0.600. The van der Waals surface area contributed by atoms with Gasteiger partial charge in [0.2, 0.25) is 5.91 Å². The molecule has 0 aromatic carbocycles. The van der Waals surface area contributed by atoms with E-state index in [4.69, 9.17) is 0 Å². The van der Waals surface area contributed by atoms with Crippen molar-refractivity contribution in [1.29, 1.82) is 5.26 Å². The largest absolute Gasteiger partial charge is 0.337 e. The number of rotatable bonds is 2. The monoisotopic (exact) mass is 274 g/mol. The van der Waals surface area contributed by atoms with Crippen LogP contribution >= 0.6 is 11.3 Å². The normalized spacial score (nSPS) is 24.5. The quantitative estimate of drug-likeness (QED) is 0.901. The van der Waals surface area contributed by atoms with Crippen molar-refractivity contribution in [2.45, 2.75) is 56.4 Å². The molecule has 2 aliphatic carbocycles. The average molecular weight is 274 g/mol. The standard InChI is InChI=1S/C15H18N2OS/c16-10-15(7-1-2-8-15)17-14(18)12-4-3-5-13-11(12)6-9-19-13/h6,9,12H,1-5,7-8H2,(H,17,18). The molecule has 0 radical (unpaired) electrons. The van der Waals surface area contributed by atoms with Gasteiger partial charge in [-0.2, -0.15) is 5.26 Å². The van der Waals surface area contributed by atoms with Gasteiger partial charge >= 0.3 is 0 Å². The second-order valence-corrected chi connectivity index (χ2v) is 6.63. The maximum atomic E-state index is 12.5. The summed E-state index contributed by atoms with van der Waals surface area (Å²) < 4.78 is 0. The Kier molecular flexibility index (Phi) is 3.32. The van der Waals surface area contributed by atoms with Crippen LogP contribution in [0, 0.1) is 11.3 Å². The van der Waals surface area contributed by atoms with Crippen LogP contribution in [0.2, 0.25) is 0 Å². The summed E-state index contributed by atoms with van der Waals surface area (Å²) in [6, 6.07) is 4.42. The third kappa shape index (κ3) is 2.28. The molecule has 0 spiro atoms. The third-order valence-electron chi connectivity index (χ3n) is 4.40. The van der Waals surface area contributed by atoms with Gasteiger partial charge in [0.05, 0.1) is 12.0 Å². The molecule has 1 unspecified atom stereocenters. The van der Waals surface area contributed by atoms with Gasteiger partial charge in [0, 0.05) is 4.88 Å². The molecule has 0 bridgehead atoms. The SMILES string of the molecule is N#CC1(NC(=O)C2CCCc3sccc32)CCCC1. The number of aryl methyl sites for hydroxylation is 1. The van der Waals surface area contributed by atoms with Gasteiger partial charge in [0.25, 0.3) is 0 Å². The van der Waals surface area contributed by atoms with E-state index in [2.05, 4.69) is 22.8 Å². The van der Waals surface area contributed by atoms with Crippen LogP contribution in [0.4, 0.5) is 0 Å². The molecule has 1 amide bonds. The van der Waals surface area contributed by atoms with E-state index in [1.165, 1.54) is 10.4 Å². The van der Waals surface area contributed by atoms with Crippen molar-refractivity contribution in [2.24, 2.45) is 0 Å². The first-order chi connectivity index (χ1) is 9.24. The lowest BCUT2D eigenvalue weighted by molar-refractivity contribution is -0.124. The number of nitriles is 1. The summed E-state index contributed by atoms with van der Waals surface area (Å²) in [5, 5.41) is 14.5. The number of fused-ring (bicyclic) bond motifs is 1. The molecule has 1 heterocycles. The van der Waals surface area contributed by atoms with Crippen LogP contribution in [0.25, 0.3) is 0 Å². The van der Waals surface area contributed by atoms with Gasteiger partial charge in [-0.05, 0) is 62.0 Å². The predicted octanol–water partition coefficient (Wildman–Crippen LogP) is 3.12. The second-order valence-electron chi connectivity index (χ2n) is 5.63. The van der Waals surface area contributed by atoms with E-state index in [1.807, 2.05) is 0 Å². The highest BCUT2D eigenvalue weighted by molar-refractivity contribution is 7.10. The minimum absolute atomic E-state index is 0.0409. The van der Waals surface area contributed by atoms with Gasteiger partial charge in [-0.3, -0.25) is 4.79 Å². The summed E-state index contributed by atoms with van der Waals surface area (Å²) in [7, 11) is 0. The highest BCUT2D eigenvalue weighted by Gasteiger charge is 2.38. The molecule has 1 saturated carbocycles. The Morgan fingerprint density at radius 3 is 2.95 bits per heavy atom. The van der Waals surface area contributed by atoms with E-state index in [0.29, 0.717) is 0 Å². The van der Waals surface area contributed by atoms with Gasteiger partial charge in [0.15, 0.2) is 0 Å².